The number of furan rings is 1. The van der Waals surface area contributed by atoms with Gasteiger partial charge in [-0.1, -0.05) is 41.5 Å². The first-order chi connectivity index (χ1) is 5.50. The highest BCUT2D eigenvalue weighted by Gasteiger charge is 1.95. The van der Waals surface area contributed by atoms with Crippen LogP contribution in [0.3, 0.4) is 0 Å². The van der Waals surface area contributed by atoms with Crippen molar-refractivity contribution < 1.29 is 4.42 Å². The van der Waals surface area contributed by atoms with Crippen molar-refractivity contribution in [3.05, 3.63) is 24.7 Å². The average molecular weight is 170 g/mol. The average Bonchev–Trinajstić information content (AvgIpc) is 2.41. The molecular weight excluding hydrogens is 148 g/mol. The second kappa shape index (κ2) is 8.38. The van der Waals surface area contributed by atoms with Crippen LogP contribution in [0.25, 0.3) is 0 Å². The van der Waals surface area contributed by atoms with Crippen molar-refractivity contribution in [1.82, 2.24) is 0 Å². The van der Waals surface area contributed by atoms with Crippen LogP contribution in [0.5, 0.6) is 0 Å². The summed E-state index contributed by atoms with van der Waals surface area (Å²) < 4.78 is 4.58. The van der Waals surface area contributed by atoms with E-state index in [1.165, 1.54) is 0 Å². The number of hydrogen-bond acceptors (Lipinski definition) is 1. The van der Waals surface area contributed by atoms with Crippen LogP contribution in [-0.4, -0.2) is 0 Å². The van der Waals surface area contributed by atoms with Gasteiger partial charge in [0.25, 0.3) is 0 Å². The predicted octanol–water partition coefficient (Wildman–Crippen LogP) is 4.36. The smallest absolute Gasteiger partial charge is 0.0902 e. The molecule has 0 saturated heterocycles. The Morgan fingerprint density at radius 2 is 1.08 bits per heavy atom. The summed E-state index contributed by atoms with van der Waals surface area (Å²) in [6.07, 6.45) is 3.25. The van der Waals surface area contributed by atoms with Crippen LogP contribution in [-0.2, 0) is 0 Å². The lowest BCUT2D eigenvalue weighted by atomic mass is 10.0. The van der Waals surface area contributed by atoms with E-state index in [0.717, 1.165) is 0 Å². The van der Waals surface area contributed by atoms with Crippen LogP contribution in [0, 0.1) is 5.41 Å². The summed E-state index contributed by atoms with van der Waals surface area (Å²) in [5.74, 6) is 0. The molecule has 0 aliphatic carbocycles. The van der Waals surface area contributed by atoms with E-state index in [9.17, 15) is 0 Å². The molecule has 0 aliphatic heterocycles. The van der Waals surface area contributed by atoms with Crippen molar-refractivity contribution in [3.8, 4) is 0 Å². The molecule has 1 heterocycles. The largest absolute Gasteiger partial charge is 0.473 e. The number of hydrogen-bond donors (Lipinski definition) is 0. The molecule has 0 radical (unpaired) electrons. The molecule has 1 nitrogen and oxygen atoms in total. The molecule has 0 atom stereocenters. The molecule has 1 aromatic rings. The third-order valence-electron chi connectivity index (χ3n) is 0.425. The van der Waals surface area contributed by atoms with Crippen LogP contribution < -0.4 is 0 Å². The molecular formula is C11H22O. The molecule has 0 aromatic carbocycles. The van der Waals surface area contributed by atoms with Crippen LogP contribution in [0.2, 0.25) is 0 Å². The van der Waals surface area contributed by atoms with Gasteiger partial charge in [0.05, 0.1) is 12.5 Å². The minimum absolute atomic E-state index is 0.500. The van der Waals surface area contributed by atoms with Crippen LogP contribution >= 0.6 is 0 Å². The highest BCUT2D eigenvalue weighted by atomic mass is 16.3. The second-order valence-electron chi connectivity index (χ2n) is 3.79. The molecule has 72 valence electrons. The lowest BCUT2D eigenvalue weighted by molar-refractivity contribution is 0.469. The molecule has 1 rings (SSSR count). The van der Waals surface area contributed by atoms with Crippen molar-refractivity contribution in [2.45, 2.75) is 41.5 Å². The van der Waals surface area contributed by atoms with E-state index in [0.29, 0.717) is 5.41 Å². The first-order valence-corrected chi connectivity index (χ1v) is 4.47. The first-order valence-electron chi connectivity index (χ1n) is 4.47. The van der Waals surface area contributed by atoms with Gasteiger partial charge in [0.15, 0.2) is 0 Å². The van der Waals surface area contributed by atoms with E-state index in [2.05, 4.69) is 32.1 Å². The fourth-order valence-electron chi connectivity index (χ4n) is 0.227. The SMILES string of the molecule is CC.CC(C)(C)C.c1ccoc1. The molecule has 0 amide bonds. The van der Waals surface area contributed by atoms with Gasteiger partial charge in [0.2, 0.25) is 0 Å². The van der Waals surface area contributed by atoms with E-state index >= 15 is 0 Å². The summed E-state index contributed by atoms with van der Waals surface area (Å²) in [5, 5.41) is 0. The summed E-state index contributed by atoms with van der Waals surface area (Å²) in [6.45, 7) is 12.8. The van der Waals surface area contributed by atoms with E-state index in [-0.39, 0.29) is 0 Å². The third kappa shape index (κ3) is 34.7. The first kappa shape index (κ1) is 13.8. The third-order valence-corrected chi connectivity index (χ3v) is 0.425. The Bertz CT molecular complexity index is 111. The van der Waals surface area contributed by atoms with E-state index in [1.807, 2.05) is 26.0 Å². The molecule has 0 fully saturated rings. The molecule has 0 spiro atoms. The zero-order valence-electron chi connectivity index (χ0n) is 9.22. The Morgan fingerprint density at radius 3 is 1.17 bits per heavy atom. The monoisotopic (exact) mass is 170 g/mol. The second-order valence-corrected chi connectivity index (χ2v) is 3.79. The summed E-state index contributed by atoms with van der Waals surface area (Å²) >= 11 is 0. The van der Waals surface area contributed by atoms with Gasteiger partial charge in [0, 0.05) is 0 Å². The molecule has 0 bridgehead atoms. The quantitative estimate of drug-likeness (QED) is 0.564. The van der Waals surface area contributed by atoms with Gasteiger partial charge in [-0.3, -0.25) is 0 Å². The number of rotatable bonds is 0. The minimum atomic E-state index is 0.500. The van der Waals surface area contributed by atoms with E-state index < -0.39 is 0 Å². The van der Waals surface area contributed by atoms with Gasteiger partial charge < -0.3 is 4.42 Å². The zero-order chi connectivity index (χ0) is 10.0. The van der Waals surface area contributed by atoms with Gasteiger partial charge in [0.1, 0.15) is 0 Å². The maximum atomic E-state index is 4.58. The highest BCUT2D eigenvalue weighted by molar-refractivity contribution is 4.79. The van der Waals surface area contributed by atoms with Crippen molar-refractivity contribution in [3.63, 3.8) is 0 Å². The maximum Gasteiger partial charge on any atom is 0.0902 e. The Labute approximate surface area is 76.8 Å². The van der Waals surface area contributed by atoms with Crippen LogP contribution in [0.1, 0.15) is 41.5 Å². The van der Waals surface area contributed by atoms with Crippen molar-refractivity contribution >= 4 is 0 Å². The molecule has 1 aromatic heterocycles. The zero-order valence-corrected chi connectivity index (χ0v) is 9.22. The molecule has 0 aliphatic rings. The van der Waals surface area contributed by atoms with Gasteiger partial charge in [-0.25, -0.2) is 0 Å². The highest BCUT2D eigenvalue weighted by Crippen LogP contribution is 2.07. The van der Waals surface area contributed by atoms with Gasteiger partial charge in [-0.05, 0) is 17.5 Å². The minimum Gasteiger partial charge on any atom is -0.473 e. The van der Waals surface area contributed by atoms with Gasteiger partial charge >= 0.3 is 0 Å². The molecule has 0 unspecified atom stereocenters. The Morgan fingerprint density at radius 1 is 0.833 bits per heavy atom. The van der Waals surface area contributed by atoms with Crippen molar-refractivity contribution in [2.24, 2.45) is 5.41 Å². The maximum absolute atomic E-state index is 4.58. The summed E-state index contributed by atoms with van der Waals surface area (Å²) in [4.78, 5) is 0. The Kier molecular flexibility index (Phi) is 9.66. The lowest BCUT2D eigenvalue weighted by Gasteiger charge is -2.05. The fraction of sp³-hybridized carbons (Fsp3) is 0.636. The van der Waals surface area contributed by atoms with Crippen LogP contribution in [0.4, 0.5) is 0 Å². The van der Waals surface area contributed by atoms with Crippen molar-refractivity contribution in [1.29, 1.82) is 0 Å². The predicted molar refractivity (Wildman–Crippen MR) is 55.2 cm³/mol. The molecule has 0 saturated carbocycles. The normalized spacial score (nSPS) is 8.83. The molecule has 12 heavy (non-hydrogen) atoms. The molecule has 1 heteroatoms. The van der Waals surface area contributed by atoms with Gasteiger partial charge in [-0.2, -0.15) is 0 Å². The topological polar surface area (TPSA) is 13.1 Å². The Balaban J connectivity index is 0. The summed E-state index contributed by atoms with van der Waals surface area (Å²) in [5.41, 5.74) is 0.500. The summed E-state index contributed by atoms with van der Waals surface area (Å²) in [7, 11) is 0. The molecule has 0 N–H and O–H groups in total. The van der Waals surface area contributed by atoms with Crippen molar-refractivity contribution in [2.75, 3.05) is 0 Å². The standard InChI is InChI=1S/C5H12.C4H4O.C2H6/c1-5(2,3)4;1-2-4-5-3-1;1-2/h1-4H3;1-4H;1-2H3. The van der Waals surface area contributed by atoms with Crippen LogP contribution in [0.15, 0.2) is 29.1 Å². The lowest BCUT2D eigenvalue weighted by Crippen LogP contribution is -1.93. The Hall–Kier alpha value is -0.720. The van der Waals surface area contributed by atoms with E-state index in [4.69, 9.17) is 0 Å². The van der Waals surface area contributed by atoms with Gasteiger partial charge in [-0.15, -0.1) is 0 Å². The summed E-state index contributed by atoms with van der Waals surface area (Å²) in [6, 6.07) is 3.67. The fourth-order valence-corrected chi connectivity index (χ4v) is 0.227. The van der Waals surface area contributed by atoms with E-state index in [1.54, 1.807) is 12.5 Å².